The molecular formula is C27H30BrClN4O. The summed E-state index contributed by atoms with van der Waals surface area (Å²) in [5, 5.41) is 7.16. The maximum absolute atomic E-state index is 14.3. The minimum atomic E-state index is -0.651. The highest BCUT2D eigenvalue weighted by molar-refractivity contribution is 9.10. The molecule has 0 aliphatic carbocycles. The van der Waals surface area contributed by atoms with Gasteiger partial charge in [0.2, 0.25) is 0 Å². The molecule has 3 atom stereocenters. The Balaban J connectivity index is 1.42. The fraction of sp³-hybridized carbons (Fsp3) is 0.481. The summed E-state index contributed by atoms with van der Waals surface area (Å²) in [5.41, 5.74) is 3.55. The van der Waals surface area contributed by atoms with E-state index < -0.39 is 5.41 Å². The number of hydrazone groups is 1. The molecular weight excluding hydrogens is 512 g/mol. The van der Waals surface area contributed by atoms with Gasteiger partial charge in [-0.1, -0.05) is 34.0 Å². The number of piperidine rings is 2. The summed E-state index contributed by atoms with van der Waals surface area (Å²) in [6, 6.07) is 14.6. The number of benzene rings is 2. The number of carbonyl (C=O) groups excluding carboxylic acids is 1. The molecule has 2 aromatic rings. The van der Waals surface area contributed by atoms with E-state index in [2.05, 4.69) is 50.9 Å². The van der Waals surface area contributed by atoms with Gasteiger partial charge in [0.25, 0.3) is 5.91 Å². The molecule has 0 N–H and O–H groups in total. The van der Waals surface area contributed by atoms with E-state index in [-0.39, 0.29) is 11.9 Å². The Morgan fingerprint density at radius 1 is 1.06 bits per heavy atom. The molecule has 2 saturated heterocycles. The van der Waals surface area contributed by atoms with Gasteiger partial charge in [-0.3, -0.25) is 4.79 Å². The molecule has 4 heterocycles. The molecule has 4 aliphatic rings. The SMILES string of the molecule is CC1=NN(c2ccc(Cl)cc2)C(=O)[C@]12Cc1cc(Br)ccc1N1CC[C@H](N3CCCCC3)C[C@@H]12. The maximum Gasteiger partial charge on any atom is 0.261 e. The quantitative estimate of drug-likeness (QED) is 0.476. The Kier molecular flexibility index (Phi) is 5.74. The highest BCUT2D eigenvalue weighted by Crippen LogP contribution is 2.50. The van der Waals surface area contributed by atoms with Crippen LogP contribution in [0.15, 0.2) is 52.0 Å². The molecule has 178 valence electrons. The van der Waals surface area contributed by atoms with Crippen molar-refractivity contribution in [2.75, 3.05) is 29.5 Å². The first-order valence-electron chi connectivity index (χ1n) is 12.4. The van der Waals surface area contributed by atoms with E-state index in [4.69, 9.17) is 16.7 Å². The lowest BCUT2D eigenvalue weighted by atomic mass is 9.65. The van der Waals surface area contributed by atoms with E-state index in [1.165, 1.54) is 43.6 Å². The van der Waals surface area contributed by atoms with Crippen molar-refractivity contribution in [1.29, 1.82) is 0 Å². The largest absolute Gasteiger partial charge is 0.367 e. The van der Waals surface area contributed by atoms with Crippen molar-refractivity contribution < 1.29 is 4.79 Å². The lowest BCUT2D eigenvalue weighted by Gasteiger charge is -2.54. The Morgan fingerprint density at radius 3 is 2.59 bits per heavy atom. The van der Waals surface area contributed by atoms with E-state index in [0.29, 0.717) is 17.5 Å². The number of hydrogen-bond donors (Lipinski definition) is 0. The highest BCUT2D eigenvalue weighted by Gasteiger charge is 2.60. The summed E-state index contributed by atoms with van der Waals surface area (Å²) in [4.78, 5) is 19.5. The van der Waals surface area contributed by atoms with Gasteiger partial charge in [0.05, 0.1) is 17.4 Å². The average molecular weight is 542 g/mol. The monoisotopic (exact) mass is 540 g/mol. The predicted octanol–water partition coefficient (Wildman–Crippen LogP) is 5.89. The molecule has 0 aromatic heterocycles. The summed E-state index contributed by atoms with van der Waals surface area (Å²) in [7, 11) is 0. The van der Waals surface area contributed by atoms with Crippen molar-refractivity contribution in [3.63, 3.8) is 0 Å². The van der Waals surface area contributed by atoms with Crippen LogP contribution in [0.25, 0.3) is 0 Å². The number of hydrogen-bond acceptors (Lipinski definition) is 4. The summed E-state index contributed by atoms with van der Waals surface area (Å²) in [5.74, 6) is 0.0900. The van der Waals surface area contributed by atoms with Crippen molar-refractivity contribution in [2.45, 2.75) is 57.5 Å². The van der Waals surface area contributed by atoms with Crippen molar-refractivity contribution in [1.82, 2.24) is 4.90 Å². The summed E-state index contributed by atoms with van der Waals surface area (Å²) < 4.78 is 1.05. The molecule has 4 aliphatic heterocycles. The van der Waals surface area contributed by atoms with Gasteiger partial charge in [-0.2, -0.15) is 10.1 Å². The standard InChI is InChI=1S/C27H30BrClN4O/c1-18-27(26(34)33(30-18)22-8-6-21(29)7-9-22)17-19-15-20(28)5-10-24(19)32-14-11-23(16-25(27)32)31-12-3-2-4-13-31/h5-10,15,23,25H,2-4,11-14,16-17H2,1H3/t23-,25+,27+/m0/s1. The van der Waals surface area contributed by atoms with E-state index in [1.54, 1.807) is 5.01 Å². The molecule has 0 unspecified atom stereocenters. The lowest BCUT2D eigenvalue weighted by molar-refractivity contribution is -0.125. The summed E-state index contributed by atoms with van der Waals surface area (Å²) in [6.07, 6.45) is 6.75. The van der Waals surface area contributed by atoms with Crippen LogP contribution >= 0.6 is 27.5 Å². The number of amides is 1. The van der Waals surface area contributed by atoms with Gasteiger partial charge in [-0.15, -0.1) is 0 Å². The number of rotatable bonds is 2. The minimum absolute atomic E-state index is 0.0900. The summed E-state index contributed by atoms with van der Waals surface area (Å²) >= 11 is 9.78. The van der Waals surface area contributed by atoms with Crippen LogP contribution in [0.1, 0.15) is 44.6 Å². The topological polar surface area (TPSA) is 39.2 Å². The Bertz CT molecular complexity index is 1150. The van der Waals surface area contributed by atoms with E-state index in [1.807, 2.05) is 24.3 Å². The Hall–Kier alpha value is -1.89. The van der Waals surface area contributed by atoms with Crippen LogP contribution in [-0.4, -0.2) is 48.2 Å². The summed E-state index contributed by atoms with van der Waals surface area (Å²) in [6.45, 7) is 5.40. The fourth-order valence-corrected chi connectivity index (χ4v) is 7.22. The van der Waals surface area contributed by atoms with Crippen LogP contribution < -0.4 is 9.91 Å². The number of anilines is 2. The Labute approximate surface area is 214 Å². The van der Waals surface area contributed by atoms with Crippen LogP contribution in [0.2, 0.25) is 5.02 Å². The van der Waals surface area contributed by atoms with E-state index >= 15 is 0 Å². The third kappa shape index (κ3) is 3.52. The molecule has 1 amide bonds. The number of nitrogens with zero attached hydrogens (tertiary/aromatic N) is 4. The first-order chi connectivity index (χ1) is 16.5. The van der Waals surface area contributed by atoms with Gasteiger partial charge in [-0.25, -0.2) is 0 Å². The normalized spacial score (nSPS) is 29.3. The number of likely N-dealkylation sites (tertiary alicyclic amines) is 1. The van der Waals surface area contributed by atoms with Crippen molar-refractivity contribution >= 4 is 50.5 Å². The molecule has 2 fully saturated rings. The van der Waals surface area contributed by atoms with Gasteiger partial charge in [0.15, 0.2) is 0 Å². The van der Waals surface area contributed by atoms with Crippen LogP contribution in [-0.2, 0) is 11.2 Å². The van der Waals surface area contributed by atoms with E-state index in [9.17, 15) is 4.79 Å². The van der Waals surface area contributed by atoms with Gasteiger partial charge < -0.3 is 9.80 Å². The third-order valence-electron chi connectivity index (χ3n) is 8.41. The first kappa shape index (κ1) is 22.6. The van der Waals surface area contributed by atoms with E-state index in [0.717, 1.165) is 35.3 Å². The number of carbonyl (C=O) groups is 1. The lowest BCUT2D eigenvalue weighted by Crippen LogP contribution is -2.64. The Morgan fingerprint density at radius 2 is 1.82 bits per heavy atom. The van der Waals surface area contributed by atoms with Crippen LogP contribution in [0.5, 0.6) is 0 Å². The van der Waals surface area contributed by atoms with Crippen molar-refractivity contribution in [3.8, 4) is 0 Å². The second-order valence-corrected chi connectivity index (χ2v) is 11.5. The highest BCUT2D eigenvalue weighted by atomic mass is 79.9. The fourth-order valence-electron chi connectivity index (χ4n) is 6.68. The molecule has 7 heteroatoms. The molecule has 0 bridgehead atoms. The van der Waals surface area contributed by atoms with Gasteiger partial charge >= 0.3 is 0 Å². The average Bonchev–Trinajstić information content (AvgIpc) is 3.10. The second-order valence-electron chi connectivity index (χ2n) is 10.2. The van der Waals surface area contributed by atoms with Gasteiger partial charge in [0.1, 0.15) is 5.41 Å². The minimum Gasteiger partial charge on any atom is -0.367 e. The van der Waals surface area contributed by atoms with Gasteiger partial charge in [-0.05, 0) is 100 Å². The predicted molar refractivity (Wildman–Crippen MR) is 142 cm³/mol. The van der Waals surface area contributed by atoms with Gasteiger partial charge in [0, 0.05) is 27.8 Å². The van der Waals surface area contributed by atoms with Crippen LogP contribution in [0.4, 0.5) is 11.4 Å². The van der Waals surface area contributed by atoms with Crippen LogP contribution in [0.3, 0.4) is 0 Å². The molecule has 2 aromatic carbocycles. The van der Waals surface area contributed by atoms with Crippen molar-refractivity contribution in [2.24, 2.45) is 10.5 Å². The molecule has 5 nitrogen and oxygen atoms in total. The zero-order chi connectivity index (χ0) is 23.4. The zero-order valence-corrected chi connectivity index (χ0v) is 21.9. The molecule has 0 saturated carbocycles. The smallest absolute Gasteiger partial charge is 0.261 e. The second kappa shape index (κ2) is 8.65. The number of halogens is 2. The first-order valence-corrected chi connectivity index (χ1v) is 13.6. The van der Waals surface area contributed by atoms with Crippen molar-refractivity contribution in [3.05, 3.63) is 57.5 Å². The zero-order valence-electron chi connectivity index (χ0n) is 19.5. The molecule has 1 spiro atoms. The number of fused-ring (bicyclic) bond motifs is 4. The molecule has 6 rings (SSSR count). The molecule has 0 radical (unpaired) electrons. The third-order valence-corrected chi connectivity index (χ3v) is 9.16. The molecule has 34 heavy (non-hydrogen) atoms. The van der Waals surface area contributed by atoms with Crippen LogP contribution in [0, 0.1) is 5.41 Å². The maximum atomic E-state index is 14.3.